The van der Waals surface area contributed by atoms with Crippen LogP contribution < -0.4 is 5.32 Å². The molecule has 0 spiro atoms. The number of halogens is 1. The number of amides is 1. The molecule has 0 aliphatic heterocycles. The number of benzene rings is 1. The van der Waals surface area contributed by atoms with Crippen LogP contribution in [0.1, 0.15) is 17.4 Å². The summed E-state index contributed by atoms with van der Waals surface area (Å²) in [5.74, 6) is -0.163. The van der Waals surface area contributed by atoms with Gasteiger partial charge in [0.15, 0.2) is 5.69 Å². The van der Waals surface area contributed by atoms with Gasteiger partial charge in [0.05, 0.1) is 11.3 Å². The van der Waals surface area contributed by atoms with Crippen molar-refractivity contribution in [1.82, 2.24) is 15.1 Å². The lowest BCUT2D eigenvalue weighted by molar-refractivity contribution is 0.0722. The molecular formula is C15H18FN3O2S. The van der Waals surface area contributed by atoms with Crippen molar-refractivity contribution in [3.63, 3.8) is 0 Å². The molecule has 0 saturated heterocycles. The van der Waals surface area contributed by atoms with Gasteiger partial charge >= 0.3 is 0 Å². The van der Waals surface area contributed by atoms with Crippen molar-refractivity contribution in [2.45, 2.75) is 12.5 Å². The largest absolute Gasteiger partial charge is 0.387 e. The molecule has 2 N–H and O–H groups in total. The van der Waals surface area contributed by atoms with E-state index in [2.05, 4.69) is 10.4 Å². The fourth-order valence-electron chi connectivity index (χ4n) is 1.91. The monoisotopic (exact) mass is 323 g/mol. The van der Waals surface area contributed by atoms with Crippen LogP contribution in [0.15, 0.2) is 36.5 Å². The molecule has 1 aromatic carbocycles. The van der Waals surface area contributed by atoms with Crippen LogP contribution >= 0.6 is 11.8 Å². The van der Waals surface area contributed by atoms with Gasteiger partial charge in [0, 0.05) is 18.5 Å². The molecule has 5 nitrogen and oxygen atoms in total. The van der Waals surface area contributed by atoms with Gasteiger partial charge in [-0.2, -0.15) is 16.9 Å². The zero-order valence-corrected chi connectivity index (χ0v) is 13.2. The Kier molecular flexibility index (Phi) is 5.20. The van der Waals surface area contributed by atoms with E-state index >= 15 is 0 Å². The molecule has 0 fully saturated rings. The lowest BCUT2D eigenvalue weighted by Gasteiger charge is -2.22. The van der Waals surface area contributed by atoms with E-state index in [9.17, 15) is 14.3 Å². The molecule has 2 aromatic rings. The minimum Gasteiger partial charge on any atom is -0.387 e. The molecule has 7 heteroatoms. The molecule has 118 valence electrons. The summed E-state index contributed by atoms with van der Waals surface area (Å²) in [5, 5.41) is 16.8. The third-order valence-corrected chi connectivity index (χ3v) is 3.91. The minimum atomic E-state index is -0.964. The number of hydrogen-bond acceptors (Lipinski definition) is 4. The second-order valence-electron chi connectivity index (χ2n) is 5.23. The van der Waals surface area contributed by atoms with Gasteiger partial charge in [0.1, 0.15) is 5.82 Å². The summed E-state index contributed by atoms with van der Waals surface area (Å²) in [5.41, 5.74) is -0.0617. The summed E-state index contributed by atoms with van der Waals surface area (Å²) in [6, 6.07) is 7.38. The van der Waals surface area contributed by atoms with E-state index in [1.54, 1.807) is 31.3 Å². The zero-order valence-electron chi connectivity index (χ0n) is 12.4. The van der Waals surface area contributed by atoms with Gasteiger partial charge in [-0.3, -0.25) is 4.79 Å². The molecule has 1 amide bonds. The van der Waals surface area contributed by atoms with Crippen molar-refractivity contribution >= 4 is 17.7 Å². The lowest BCUT2D eigenvalue weighted by Crippen LogP contribution is -2.42. The van der Waals surface area contributed by atoms with Crippen LogP contribution in [0.4, 0.5) is 4.39 Å². The predicted octanol–water partition coefficient (Wildman–Crippen LogP) is 1.86. The van der Waals surface area contributed by atoms with E-state index in [-0.39, 0.29) is 24.0 Å². The number of carbonyl (C=O) groups excluding carboxylic acids is 1. The van der Waals surface area contributed by atoms with Crippen LogP contribution in [0, 0.1) is 5.82 Å². The molecule has 1 aromatic heterocycles. The number of nitrogens with zero attached hydrogens (tertiary/aromatic N) is 2. The summed E-state index contributed by atoms with van der Waals surface area (Å²) in [4.78, 5) is 12.0. The molecule has 1 atom stereocenters. The highest BCUT2D eigenvalue weighted by Gasteiger charge is 2.21. The van der Waals surface area contributed by atoms with Crippen molar-refractivity contribution in [2.75, 3.05) is 18.6 Å². The molecule has 0 saturated carbocycles. The van der Waals surface area contributed by atoms with Gasteiger partial charge in [-0.1, -0.05) is 0 Å². The first-order chi connectivity index (χ1) is 10.4. The van der Waals surface area contributed by atoms with Crippen LogP contribution in [-0.4, -0.2) is 44.9 Å². The minimum absolute atomic E-state index is 0.149. The molecular weight excluding hydrogens is 305 g/mol. The summed E-state index contributed by atoms with van der Waals surface area (Å²) < 4.78 is 14.4. The van der Waals surface area contributed by atoms with E-state index in [4.69, 9.17) is 0 Å². The molecule has 0 aliphatic carbocycles. The van der Waals surface area contributed by atoms with E-state index in [0.717, 1.165) is 0 Å². The highest BCUT2D eigenvalue weighted by molar-refractivity contribution is 7.98. The highest BCUT2D eigenvalue weighted by Crippen LogP contribution is 2.11. The predicted molar refractivity (Wildman–Crippen MR) is 84.9 cm³/mol. The highest BCUT2D eigenvalue weighted by atomic mass is 32.2. The Labute approximate surface area is 132 Å². The first kappa shape index (κ1) is 16.5. The third-order valence-electron chi connectivity index (χ3n) is 3.00. The molecule has 0 bridgehead atoms. The number of aliphatic hydroxyl groups is 1. The Morgan fingerprint density at radius 2 is 2.09 bits per heavy atom. The average Bonchev–Trinajstić information content (AvgIpc) is 2.95. The van der Waals surface area contributed by atoms with Gasteiger partial charge in [-0.25, -0.2) is 9.07 Å². The smallest absolute Gasteiger partial charge is 0.271 e. The Bertz CT molecular complexity index is 640. The van der Waals surface area contributed by atoms with Crippen molar-refractivity contribution in [2.24, 2.45) is 0 Å². The maximum atomic E-state index is 12.9. The first-order valence-electron chi connectivity index (χ1n) is 6.72. The second kappa shape index (κ2) is 6.93. The zero-order chi connectivity index (χ0) is 16.2. The molecule has 2 rings (SSSR count). The molecule has 22 heavy (non-hydrogen) atoms. The van der Waals surface area contributed by atoms with Crippen molar-refractivity contribution in [1.29, 1.82) is 0 Å². The van der Waals surface area contributed by atoms with Crippen LogP contribution in [0.5, 0.6) is 0 Å². The maximum Gasteiger partial charge on any atom is 0.271 e. The van der Waals surface area contributed by atoms with Crippen LogP contribution in [0.3, 0.4) is 0 Å². The normalized spacial score (nSPS) is 13.6. The summed E-state index contributed by atoms with van der Waals surface area (Å²) in [7, 11) is 0. The van der Waals surface area contributed by atoms with Crippen LogP contribution in [-0.2, 0) is 0 Å². The third kappa shape index (κ3) is 4.32. The SMILES string of the molecule is CSCC(C)(O)CNC(=O)c1ccn(-c2ccc(F)cc2)n1. The molecule has 1 heterocycles. The number of thioether (sulfide) groups is 1. The maximum absolute atomic E-state index is 12.9. The van der Waals surface area contributed by atoms with E-state index in [1.807, 2.05) is 6.26 Å². The first-order valence-corrected chi connectivity index (χ1v) is 8.12. The topological polar surface area (TPSA) is 67.2 Å². The number of aromatic nitrogens is 2. The number of carbonyl (C=O) groups is 1. The summed E-state index contributed by atoms with van der Waals surface area (Å²) in [6.07, 6.45) is 3.52. The van der Waals surface area contributed by atoms with Gasteiger partial charge in [-0.05, 0) is 43.5 Å². The number of hydrogen-bond donors (Lipinski definition) is 2. The molecule has 0 radical (unpaired) electrons. The molecule has 0 aliphatic rings. The van der Waals surface area contributed by atoms with E-state index < -0.39 is 5.60 Å². The quantitative estimate of drug-likeness (QED) is 0.851. The van der Waals surface area contributed by atoms with Gasteiger partial charge in [-0.15, -0.1) is 0 Å². The Morgan fingerprint density at radius 1 is 1.41 bits per heavy atom. The Morgan fingerprint density at radius 3 is 2.73 bits per heavy atom. The number of rotatable bonds is 6. The summed E-state index contributed by atoms with van der Waals surface area (Å²) in [6.45, 7) is 1.82. The fourth-order valence-corrected chi connectivity index (χ4v) is 2.63. The standard InChI is InChI=1S/C15H18FN3O2S/c1-15(21,10-22-2)9-17-14(20)13-7-8-19(18-13)12-5-3-11(16)4-6-12/h3-8,21H,9-10H2,1-2H3,(H,17,20). The molecule has 1 unspecified atom stereocenters. The Hall–Kier alpha value is -1.86. The second-order valence-corrected chi connectivity index (χ2v) is 6.10. The van der Waals surface area contributed by atoms with Crippen molar-refractivity contribution < 1.29 is 14.3 Å². The van der Waals surface area contributed by atoms with Crippen LogP contribution in [0.25, 0.3) is 5.69 Å². The van der Waals surface area contributed by atoms with E-state index in [0.29, 0.717) is 11.4 Å². The fraction of sp³-hybridized carbons (Fsp3) is 0.333. The number of nitrogens with one attached hydrogen (secondary N) is 1. The van der Waals surface area contributed by atoms with E-state index in [1.165, 1.54) is 28.6 Å². The average molecular weight is 323 g/mol. The van der Waals surface area contributed by atoms with Crippen molar-refractivity contribution in [3.05, 3.63) is 48.0 Å². The van der Waals surface area contributed by atoms with Crippen molar-refractivity contribution in [3.8, 4) is 5.69 Å². The van der Waals surface area contributed by atoms with Gasteiger partial charge < -0.3 is 10.4 Å². The summed E-state index contributed by atoms with van der Waals surface area (Å²) >= 11 is 1.51. The van der Waals surface area contributed by atoms with Crippen LogP contribution in [0.2, 0.25) is 0 Å². The van der Waals surface area contributed by atoms with Gasteiger partial charge in [0.25, 0.3) is 5.91 Å². The van der Waals surface area contributed by atoms with Gasteiger partial charge in [0.2, 0.25) is 0 Å². The lowest BCUT2D eigenvalue weighted by atomic mass is 10.1. The Balaban J connectivity index is 2.02.